The van der Waals surface area contributed by atoms with Gasteiger partial charge in [-0.05, 0) is 50.5 Å². The first-order chi connectivity index (χ1) is 8.08. The molecule has 2 heteroatoms. The Hall–Kier alpha value is -0.0800. The summed E-state index contributed by atoms with van der Waals surface area (Å²) in [5.74, 6) is 2.56. The molecule has 0 bridgehead atoms. The number of hydrogen-bond acceptors (Lipinski definition) is 2. The molecule has 0 aliphatic heterocycles. The molecule has 0 heterocycles. The maximum atomic E-state index is 6.19. The van der Waals surface area contributed by atoms with Gasteiger partial charge in [-0.15, -0.1) is 0 Å². The summed E-state index contributed by atoms with van der Waals surface area (Å²) in [5, 5.41) is 0. The van der Waals surface area contributed by atoms with Crippen LogP contribution < -0.4 is 5.73 Å². The zero-order valence-electron chi connectivity index (χ0n) is 11.9. The molecule has 0 aromatic carbocycles. The van der Waals surface area contributed by atoms with E-state index in [0.29, 0.717) is 0 Å². The van der Waals surface area contributed by atoms with Gasteiger partial charge in [0.25, 0.3) is 0 Å². The Morgan fingerprint density at radius 3 is 2.41 bits per heavy atom. The largest absolute Gasteiger partial charge is 0.329 e. The third-order valence-corrected chi connectivity index (χ3v) is 5.58. The van der Waals surface area contributed by atoms with E-state index in [1.807, 2.05) is 0 Å². The topological polar surface area (TPSA) is 29.3 Å². The SMILES string of the molecule is CC1CCC(C)C(CN)(N(C)CC2CCC2)C1. The van der Waals surface area contributed by atoms with Gasteiger partial charge in [-0.3, -0.25) is 4.90 Å². The van der Waals surface area contributed by atoms with E-state index in [9.17, 15) is 0 Å². The number of nitrogens with two attached hydrogens (primary N) is 1. The molecule has 2 aliphatic rings. The van der Waals surface area contributed by atoms with Crippen molar-refractivity contribution >= 4 is 0 Å². The van der Waals surface area contributed by atoms with E-state index in [1.54, 1.807) is 0 Å². The Morgan fingerprint density at radius 2 is 1.88 bits per heavy atom. The lowest BCUT2D eigenvalue weighted by atomic mass is 9.68. The molecule has 17 heavy (non-hydrogen) atoms. The Morgan fingerprint density at radius 1 is 1.18 bits per heavy atom. The first kappa shape index (κ1) is 13.4. The number of hydrogen-bond donors (Lipinski definition) is 1. The van der Waals surface area contributed by atoms with Crippen LogP contribution in [0.1, 0.15) is 52.4 Å². The van der Waals surface area contributed by atoms with Crippen LogP contribution in [0.25, 0.3) is 0 Å². The van der Waals surface area contributed by atoms with Crippen LogP contribution in [0, 0.1) is 17.8 Å². The molecule has 2 saturated carbocycles. The zero-order chi connectivity index (χ0) is 12.5. The van der Waals surface area contributed by atoms with Crippen LogP contribution in [0.5, 0.6) is 0 Å². The summed E-state index contributed by atoms with van der Waals surface area (Å²) in [5.41, 5.74) is 6.47. The van der Waals surface area contributed by atoms with E-state index in [-0.39, 0.29) is 5.54 Å². The zero-order valence-corrected chi connectivity index (χ0v) is 11.9. The van der Waals surface area contributed by atoms with Crippen LogP contribution in [-0.4, -0.2) is 30.6 Å². The molecule has 2 N–H and O–H groups in total. The molecular weight excluding hydrogens is 208 g/mol. The second-order valence-electron chi connectivity index (χ2n) is 6.77. The summed E-state index contributed by atoms with van der Waals surface area (Å²) in [6, 6.07) is 0. The summed E-state index contributed by atoms with van der Waals surface area (Å²) in [4.78, 5) is 2.62. The molecule has 0 amide bonds. The molecule has 2 rings (SSSR count). The molecule has 0 aromatic rings. The summed E-state index contributed by atoms with van der Waals surface area (Å²) < 4.78 is 0. The van der Waals surface area contributed by atoms with Crippen molar-refractivity contribution in [1.82, 2.24) is 4.90 Å². The van der Waals surface area contributed by atoms with Gasteiger partial charge in [-0.1, -0.05) is 26.7 Å². The van der Waals surface area contributed by atoms with Gasteiger partial charge in [0.05, 0.1) is 0 Å². The first-order valence-corrected chi connectivity index (χ1v) is 7.50. The third kappa shape index (κ3) is 2.53. The Labute approximate surface area is 107 Å². The third-order valence-electron chi connectivity index (χ3n) is 5.58. The van der Waals surface area contributed by atoms with Crippen molar-refractivity contribution in [3.63, 3.8) is 0 Å². The van der Waals surface area contributed by atoms with E-state index in [4.69, 9.17) is 5.73 Å². The Bertz CT molecular complexity index is 249. The van der Waals surface area contributed by atoms with E-state index < -0.39 is 0 Å². The van der Waals surface area contributed by atoms with Crippen molar-refractivity contribution in [1.29, 1.82) is 0 Å². The summed E-state index contributed by atoms with van der Waals surface area (Å²) in [6.07, 6.45) is 8.37. The van der Waals surface area contributed by atoms with Crippen LogP contribution in [0.4, 0.5) is 0 Å². The second kappa shape index (κ2) is 5.27. The molecule has 3 atom stereocenters. The highest BCUT2D eigenvalue weighted by atomic mass is 15.2. The fraction of sp³-hybridized carbons (Fsp3) is 1.00. The number of nitrogens with zero attached hydrogens (tertiary/aromatic N) is 1. The van der Waals surface area contributed by atoms with E-state index in [2.05, 4.69) is 25.8 Å². The minimum Gasteiger partial charge on any atom is -0.329 e. The lowest BCUT2D eigenvalue weighted by Crippen LogP contribution is -2.60. The lowest BCUT2D eigenvalue weighted by Gasteiger charge is -2.52. The molecular formula is C15H30N2. The molecule has 2 nitrogen and oxygen atoms in total. The van der Waals surface area contributed by atoms with Gasteiger partial charge in [0, 0.05) is 18.6 Å². The summed E-state index contributed by atoms with van der Waals surface area (Å²) >= 11 is 0. The number of rotatable bonds is 4. The van der Waals surface area contributed by atoms with Gasteiger partial charge in [0.1, 0.15) is 0 Å². The predicted molar refractivity (Wildman–Crippen MR) is 73.9 cm³/mol. The highest BCUT2D eigenvalue weighted by Crippen LogP contribution is 2.41. The van der Waals surface area contributed by atoms with Gasteiger partial charge in [0.15, 0.2) is 0 Å². The predicted octanol–water partition coefficient (Wildman–Crippen LogP) is 2.87. The molecule has 100 valence electrons. The maximum Gasteiger partial charge on any atom is 0.0356 e. The maximum absolute atomic E-state index is 6.19. The molecule has 2 aliphatic carbocycles. The van der Waals surface area contributed by atoms with Crippen molar-refractivity contribution in [2.75, 3.05) is 20.1 Å². The first-order valence-electron chi connectivity index (χ1n) is 7.50. The molecule has 3 unspecified atom stereocenters. The number of likely N-dealkylation sites (N-methyl/N-ethyl adjacent to an activating group) is 1. The monoisotopic (exact) mass is 238 g/mol. The van der Waals surface area contributed by atoms with Crippen LogP contribution in [0.15, 0.2) is 0 Å². The van der Waals surface area contributed by atoms with Crippen LogP contribution >= 0.6 is 0 Å². The van der Waals surface area contributed by atoms with Crippen molar-refractivity contribution in [3.05, 3.63) is 0 Å². The highest BCUT2D eigenvalue weighted by Gasteiger charge is 2.43. The molecule has 2 fully saturated rings. The fourth-order valence-electron chi connectivity index (χ4n) is 3.93. The van der Waals surface area contributed by atoms with Gasteiger partial charge >= 0.3 is 0 Å². The van der Waals surface area contributed by atoms with Crippen LogP contribution in [-0.2, 0) is 0 Å². The highest BCUT2D eigenvalue weighted by molar-refractivity contribution is 4.99. The summed E-state index contributed by atoms with van der Waals surface area (Å²) in [7, 11) is 2.32. The van der Waals surface area contributed by atoms with E-state index >= 15 is 0 Å². The van der Waals surface area contributed by atoms with Gasteiger partial charge in [-0.25, -0.2) is 0 Å². The van der Waals surface area contributed by atoms with E-state index in [0.717, 1.165) is 24.3 Å². The smallest absolute Gasteiger partial charge is 0.0356 e. The molecule has 0 aromatic heterocycles. The molecule has 0 saturated heterocycles. The van der Waals surface area contributed by atoms with Gasteiger partial charge in [-0.2, -0.15) is 0 Å². The van der Waals surface area contributed by atoms with Gasteiger partial charge in [0.2, 0.25) is 0 Å². The van der Waals surface area contributed by atoms with Crippen LogP contribution in [0.3, 0.4) is 0 Å². The standard InChI is InChI=1S/C15H30N2/c1-12-7-8-13(2)15(9-12,11-16)17(3)10-14-5-4-6-14/h12-14H,4-11,16H2,1-3H3. The normalized spacial score (nSPS) is 39.4. The fourth-order valence-corrected chi connectivity index (χ4v) is 3.93. The molecule has 0 spiro atoms. The molecule has 0 radical (unpaired) electrons. The second-order valence-corrected chi connectivity index (χ2v) is 6.77. The van der Waals surface area contributed by atoms with Crippen molar-refractivity contribution in [2.24, 2.45) is 23.5 Å². The average molecular weight is 238 g/mol. The van der Waals surface area contributed by atoms with E-state index in [1.165, 1.54) is 45.1 Å². The average Bonchev–Trinajstić information content (AvgIpc) is 2.26. The lowest BCUT2D eigenvalue weighted by molar-refractivity contribution is -0.00271. The van der Waals surface area contributed by atoms with Crippen LogP contribution in [0.2, 0.25) is 0 Å². The minimum absolute atomic E-state index is 0.285. The van der Waals surface area contributed by atoms with Gasteiger partial charge < -0.3 is 5.73 Å². The minimum atomic E-state index is 0.285. The Kier molecular flexibility index (Phi) is 4.14. The Balaban J connectivity index is 2.04. The summed E-state index contributed by atoms with van der Waals surface area (Å²) in [6.45, 7) is 6.92. The van der Waals surface area contributed by atoms with Crippen molar-refractivity contribution in [3.8, 4) is 0 Å². The van der Waals surface area contributed by atoms with Crippen molar-refractivity contribution < 1.29 is 0 Å². The van der Waals surface area contributed by atoms with Crippen molar-refractivity contribution in [2.45, 2.75) is 57.9 Å². The quantitative estimate of drug-likeness (QED) is 0.816.